The van der Waals surface area contributed by atoms with Crippen LogP contribution >= 0.6 is 12.2 Å². The van der Waals surface area contributed by atoms with E-state index in [4.69, 9.17) is 18.0 Å². The smallest absolute Gasteiger partial charge is 0.162 e. The number of fused-ring (bicyclic) bond motifs is 1. The molecule has 1 atom stereocenters. The van der Waals surface area contributed by atoms with Crippen molar-refractivity contribution in [3.8, 4) is 0 Å². The Bertz CT molecular complexity index is 1040. The quantitative estimate of drug-likeness (QED) is 0.484. The number of aromatic nitrogens is 1. The molecule has 0 saturated heterocycles. The van der Waals surface area contributed by atoms with Gasteiger partial charge in [0.25, 0.3) is 0 Å². The number of rotatable bonds is 5. The van der Waals surface area contributed by atoms with Gasteiger partial charge in [0, 0.05) is 29.8 Å². The Morgan fingerprint density at radius 1 is 1.40 bits per heavy atom. The second-order valence-corrected chi connectivity index (χ2v) is 9.38. The molecule has 3 aliphatic rings. The van der Waals surface area contributed by atoms with Gasteiger partial charge in [-0.1, -0.05) is 24.9 Å². The average Bonchev–Trinajstić information content (AvgIpc) is 3.24. The minimum atomic E-state index is -1.93. The van der Waals surface area contributed by atoms with Crippen molar-refractivity contribution in [3.05, 3.63) is 58.8 Å². The molecule has 0 aromatic carbocycles. The maximum atomic E-state index is 14.4. The van der Waals surface area contributed by atoms with Crippen molar-refractivity contribution >= 4 is 28.4 Å². The summed E-state index contributed by atoms with van der Waals surface area (Å²) in [6.07, 6.45) is 8.75. The summed E-state index contributed by atoms with van der Waals surface area (Å²) in [5, 5.41) is 3.48. The number of hydrogen-bond acceptors (Lipinski definition) is 2. The summed E-state index contributed by atoms with van der Waals surface area (Å²) in [6, 6.07) is 0. The maximum absolute atomic E-state index is 14.4. The summed E-state index contributed by atoms with van der Waals surface area (Å²) >= 11 is 5.73. The summed E-state index contributed by atoms with van der Waals surface area (Å²) in [4.78, 5) is 0.617. The molecular formula is C24H29F2N3S. The standard InChI is InChI=1S/C24H29F2N3S/c1-14(13-27)24(9-10-24)28-22(30)16(3)21-15(2)20(18-6-5-11-29(18)21)17-7-8-23(4,26)19(25)12-17/h7,12-13H,3,5-6,8-11,27H2,1-2,4H3,(H,28,30)/b14-13+. The Balaban J connectivity index is 1.69. The Morgan fingerprint density at radius 2 is 2.10 bits per heavy atom. The third kappa shape index (κ3) is 3.25. The SMILES string of the molecule is C=C(C(=S)NC1(/C(C)=C/N)CC1)c1c(C)c(C2=CCC(C)(F)C(F)=C2)c2n1CCC2. The van der Waals surface area contributed by atoms with Crippen LogP contribution in [-0.4, -0.2) is 20.8 Å². The van der Waals surface area contributed by atoms with Gasteiger partial charge in [-0.2, -0.15) is 0 Å². The maximum Gasteiger partial charge on any atom is 0.162 e. The lowest BCUT2D eigenvalue weighted by molar-refractivity contribution is 0.200. The summed E-state index contributed by atoms with van der Waals surface area (Å²) in [5.41, 5.74) is 10.4. The number of thiocarbonyl (C=S) groups is 1. The molecule has 0 spiro atoms. The molecule has 0 bridgehead atoms. The first-order valence-corrected chi connectivity index (χ1v) is 10.9. The van der Waals surface area contributed by atoms with Crippen molar-refractivity contribution in [2.45, 2.75) is 70.6 Å². The molecule has 2 heterocycles. The molecule has 0 amide bonds. The van der Waals surface area contributed by atoms with Gasteiger partial charge >= 0.3 is 0 Å². The van der Waals surface area contributed by atoms with E-state index in [2.05, 4.69) is 16.5 Å². The van der Waals surface area contributed by atoms with Crippen LogP contribution in [0.4, 0.5) is 8.78 Å². The lowest BCUT2D eigenvalue weighted by Crippen LogP contribution is -2.37. The zero-order valence-corrected chi connectivity index (χ0v) is 18.7. The van der Waals surface area contributed by atoms with Crippen LogP contribution in [0.2, 0.25) is 0 Å². The fraction of sp³-hybridized carbons (Fsp3) is 0.458. The number of halogens is 2. The van der Waals surface area contributed by atoms with E-state index in [1.54, 1.807) is 6.20 Å². The van der Waals surface area contributed by atoms with Gasteiger partial charge in [-0.05, 0) is 75.4 Å². The predicted molar refractivity (Wildman–Crippen MR) is 123 cm³/mol. The van der Waals surface area contributed by atoms with Crippen LogP contribution in [0.15, 0.2) is 36.3 Å². The van der Waals surface area contributed by atoms with E-state index < -0.39 is 11.5 Å². The van der Waals surface area contributed by atoms with Crippen LogP contribution in [0.3, 0.4) is 0 Å². The van der Waals surface area contributed by atoms with Crippen molar-refractivity contribution in [3.63, 3.8) is 0 Å². The minimum absolute atomic E-state index is 0.0399. The number of nitrogens with one attached hydrogen (secondary N) is 1. The fourth-order valence-corrected chi connectivity index (χ4v) is 5.00. The highest BCUT2D eigenvalue weighted by molar-refractivity contribution is 7.81. The summed E-state index contributed by atoms with van der Waals surface area (Å²) in [6.45, 7) is 10.5. The normalized spacial score (nSPS) is 24.8. The highest BCUT2D eigenvalue weighted by atomic mass is 32.1. The molecule has 4 rings (SSSR count). The summed E-state index contributed by atoms with van der Waals surface area (Å²) < 4.78 is 30.9. The van der Waals surface area contributed by atoms with Crippen LogP contribution in [0.25, 0.3) is 11.1 Å². The molecule has 3 N–H and O–H groups in total. The van der Waals surface area contributed by atoms with Gasteiger partial charge in [0.2, 0.25) is 0 Å². The Morgan fingerprint density at radius 3 is 2.70 bits per heavy atom. The van der Waals surface area contributed by atoms with Crippen LogP contribution < -0.4 is 11.1 Å². The zero-order valence-electron chi connectivity index (χ0n) is 17.9. The van der Waals surface area contributed by atoms with Crippen LogP contribution in [0, 0.1) is 6.92 Å². The van der Waals surface area contributed by atoms with Gasteiger partial charge in [-0.15, -0.1) is 0 Å². The van der Waals surface area contributed by atoms with Gasteiger partial charge in [-0.3, -0.25) is 0 Å². The molecule has 6 heteroatoms. The Hall–Kier alpha value is -2.21. The molecule has 0 radical (unpaired) electrons. The second-order valence-electron chi connectivity index (χ2n) is 8.97. The van der Waals surface area contributed by atoms with Gasteiger partial charge in [0.1, 0.15) is 10.8 Å². The molecule has 160 valence electrons. The van der Waals surface area contributed by atoms with E-state index in [0.29, 0.717) is 4.99 Å². The molecule has 30 heavy (non-hydrogen) atoms. The van der Waals surface area contributed by atoms with Crippen molar-refractivity contribution < 1.29 is 8.78 Å². The highest BCUT2D eigenvalue weighted by Crippen LogP contribution is 2.44. The number of nitrogens with two attached hydrogens (primary N) is 1. The van der Waals surface area contributed by atoms with E-state index >= 15 is 0 Å². The van der Waals surface area contributed by atoms with E-state index in [1.165, 1.54) is 13.0 Å². The summed E-state index contributed by atoms with van der Waals surface area (Å²) in [7, 11) is 0. The Labute approximate surface area is 182 Å². The third-order valence-electron chi connectivity index (χ3n) is 6.85. The van der Waals surface area contributed by atoms with Crippen molar-refractivity contribution in [2.24, 2.45) is 5.73 Å². The molecule has 1 aliphatic heterocycles. The fourth-order valence-electron chi connectivity index (χ4n) is 4.71. The minimum Gasteiger partial charge on any atom is -0.405 e. The van der Waals surface area contributed by atoms with Crippen molar-refractivity contribution in [1.82, 2.24) is 9.88 Å². The molecule has 1 aromatic rings. The molecule has 1 aromatic heterocycles. The van der Waals surface area contributed by atoms with Gasteiger partial charge in [0.15, 0.2) is 5.67 Å². The summed E-state index contributed by atoms with van der Waals surface area (Å²) in [5.74, 6) is -0.713. The lowest BCUT2D eigenvalue weighted by Gasteiger charge is -2.22. The first kappa shape index (κ1) is 21.0. The largest absolute Gasteiger partial charge is 0.405 e. The van der Waals surface area contributed by atoms with E-state index in [0.717, 1.165) is 71.5 Å². The van der Waals surface area contributed by atoms with Gasteiger partial charge in [0.05, 0.1) is 11.2 Å². The van der Waals surface area contributed by atoms with E-state index in [1.807, 2.05) is 19.9 Å². The first-order valence-electron chi connectivity index (χ1n) is 10.5. The first-order chi connectivity index (χ1) is 14.1. The van der Waals surface area contributed by atoms with Crippen LogP contribution in [0.1, 0.15) is 62.0 Å². The molecule has 3 nitrogen and oxygen atoms in total. The number of allylic oxidation sites excluding steroid dienone is 4. The van der Waals surface area contributed by atoms with Crippen LogP contribution in [-0.2, 0) is 13.0 Å². The molecule has 2 aliphatic carbocycles. The molecule has 1 saturated carbocycles. The number of nitrogens with zero attached hydrogens (tertiary/aromatic N) is 1. The zero-order chi connectivity index (χ0) is 21.8. The second kappa shape index (κ2) is 7.19. The highest BCUT2D eigenvalue weighted by Gasteiger charge is 2.45. The lowest BCUT2D eigenvalue weighted by atomic mass is 9.88. The Kier molecular flexibility index (Phi) is 5.04. The topological polar surface area (TPSA) is 43.0 Å². The number of alkyl halides is 1. The molecule has 1 unspecified atom stereocenters. The monoisotopic (exact) mass is 429 g/mol. The van der Waals surface area contributed by atoms with Gasteiger partial charge in [-0.25, -0.2) is 8.78 Å². The molecular weight excluding hydrogens is 400 g/mol. The number of hydrogen-bond donors (Lipinski definition) is 2. The van der Waals surface area contributed by atoms with Crippen molar-refractivity contribution in [2.75, 3.05) is 0 Å². The third-order valence-corrected chi connectivity index (χ3v) is 7.20. The molecule has 1 fully saturated rings. The van der Waals surface area contributed by atoms with E-state index in [9.17, 15) is 8.78 Å². The van der Waals surface area contributed by atoms with Crippen molar-refractivity contribution in [1.29, 1.82) is 0 Å². The average molecular weight is 430 g/mol. The van der Waals surface area contributed by atoms with Gasteiger partial charge < -0.3 is 15.6 Å². The van der Waals surface area contributed by atoms with E-state index in [-0.39, 0.29) is 12.0 Å². The predicted octanol–water partition coefficient (Wildman–Crippen LogP) is 5.44. The van der Waals surface area contributed by atoms with Crippen LogP contribution in [0.5, 0.6) is 0 Å².